The van der Waals surface area contributed by atoms with Crippen LogP contribution in [0, 0.1) is 0 Å². The molecule has 0 unspecified atom stereocenters. The van der Waals surface area contributed by atoms with Gasteiger partial charge in [0.05, 0.1) is 5.60 Å². The third-order valence-electron chi connectivity index (χ3n) is 3.03. The smallest absolute Gasteiger partial charge is 0.0718 e. The average molecular weight is 234 g/mol. The summed E-state index contributed by atoms with van der Waals surface area (Å²) in [7, 11) is 2.05. The molecule has 0 amide bonds. The number of likely N-dealkylation sites (N-methyl/N-ethyl adjacent to an activating group) is 1. The molecular formula is C14H22N2O. The minimum atomic E-state index is -0.639. The summed E-state index contributed by atoms with van der Waals surface area (Å²) in [6.45, 7) is 6.28. The highest BCUT2D eigenvalue weighted by atomic mass is 16.3. The van der Waals surface area contributed by atoms with Crippen LogP contribution in [0.5, 0.6) is 0 Å². The predicted molar refractivity (Wildman–Crippen MR) is 71.3 cm³/mol. The first-order valence-corrected chi connectivity index (χ1v) is 6.21. The summed E-state index contributed by atoms with van der Waals surface area (Å²) in [5.74, 6) is 0. The summed E-state index contributed by atoms with van der Waals surface area (Å²) >= 11 is 0. The number of nitrogens with one attached hydrogen (secondary N) is 1. The van der Waals surface area contributed by atoms with Crippen molar-refractivity contribution in [2.75, 3.05) is 25.5 Å². The van der Waals surface area contributed by atoms with Crippen molar-refractivity contribution < 1.29 is 5.11 Å². The molecule has 0 radical (unpaired) electrons. The number of para-hydroxylation sites is 1. The molecule has 1 aliphatic rings. The molecule has 1 aromatic rings. The molecule has 17 heavy (non-hydrogen) atoms. The van der Waals surface area contributed by atoms with Gasteiger partial charge in [-0.05, 0) is 38.4 Å². The van der Waals surface area contributed by atoms with Gasteiger partial charge in [-0.1, -0.05) is 18.2 Å². The first kappa shape index (κ1) is 12.4. The van der Waals surface area contributed by atoms with Crippen molar-refractivity contribution in [3.63, 3.8) is 0 Å². The molecule has 0 aromatic heterocycles. The minimum absolute atomic E-state index is 0.639. The Balaban J connectivity index is 2.07. The molecule has 2 rings (SSSR count). The molecular weight excluding hydrogens is 212 g/mol. The molecule has 3 heteroatoms. The second-order valence-corrected chi connectivity index (χ2v) is 5.61. The molecule has 0 spiro atoms. The standard InChI is InChI=1S/C14H22N2O/c1-14(2,17)10-16(3)9-12-6-4-5-11-7-8-15-13(11)12/h4-6,15,17H,7-10H2,1-3H3. The minimum Gasteiger partial charge on any atom is -0.389 e. The summed E-state index contributed by atoms with van der Waals surface area (Å²) in [6.07, 6.45) is 1.12. The molecule has 0 bridgehead atoms. The number of anilines is 1. The molecule has 3 nitrogen and oxygen atoms in total. The van der Waals surface area contributed by atoms with Crippen LogP contribution in [0.3, 0.4) is 0 Å². The van der Waals surface area contributed by atoms with Crippen LogP contribution in [0.4, 0.5) is 5.69 Å². The van der Waals surface area contributed by atoms with Gasteiger partial charge in [0.25, 0.3) is 0 Å². The molecule has 0 saturated heterocycles. The first-order valence-electron chi connectivity index (χ1n) is 6.21. The third-order valence-corrected chi connectivity index (χ3v) is 3.03. The number of benzene rings is 1. The van der Waals surface area contributed by atoms with Crippen LogP contribution in [0.25, 0.3) is 0 Å². The maximum absolute atomic E-state index is 9.80. The van der Waals surface area contributed by atoms with Crippen LogP contribution < -0.4 is 5.32 Å². The number of fused-ring (bicyclic) bond motifs is 1. The van der Waals surface area contributed by atoms with Gasteiger partial charge in [0.2, 0.25) is 0 Å². The molecule has 0 atom stereocenters. The van der Waals surface area contributed by atoms with Gasteiger partial charge in [-0.2, -0.15) is 0 Å². The van der Waals surface area contributed by atoms with Crippen molar-refractivity contribution in [2.45, 2.75) is 32.4 Å². The number of aliphatic hydroxyl groups is 1. The zero-order chi connectivity index (χ0) is 12.5. The van der Waals surface area contributed by atoms with E-state index in [4.69, 9.17) is 0 Å². The number of rotatable bonds is 4. The van der Waals surface area contributed by atoms with Crippen molar-refractivity contribution in [3.05, 3.63) is 29.3 Å². The van der Waals surface area contributed by atoms with Crippen molar-refractivity contribution in [2.24, 2.45) is 0 Å². The highest BCUT2D eigenvalue weighted by Crippen LogP contribution is 2.27. The van der Waals surface area contributed by atoms with Gasteiger partial charge >= 0.3 is 0 Å². The monoisotopic (exact) mass is 234 g/mol. The lowest BCUT2D eigenvalue weighted by Gasteiger charge is -2.26. The number of nitrogens with zero attached hydrogens (tertiary/aromatic N) is 1. The summed E-state index contributed by atoms with van der Waals surface area (Å²) in [5, 5.41) is 13.2. The van der Waals surface area contributed by atoms with Crippen LogP contribution in [-0.4, -0.2) is 35.7 Å². The van der Waals surface area contributed by atoms with Crippen LogP contribution >= 0.6 is 0 Å². The average Bonchev–Trinajstić information content (AvgIpc) is 2.63. The van der Waals surface area contributed by atoms with Gasteiger partial charge < -0.3 is 10.4 Å². The Kier molecular flexibility index (Phi) is 3.40. The Morgan fingerprint density at radius 1 is 1.41 bits per heavy atom. The molecule has 1 aromatic carbocycles. The molecule has 0 saturated carbocycles. The summed E-state index contributed by atoms with van der Waals surface area (Å²) in [4.78, 5) is 2.16. The normalized spacial score (nSPS) is 14.9. The van der Waals surface area contributed by atoms with E-state index in [1.165, 1.54) is 16.8 Å². The Hall–Kier alpha value is -1.06. The Bertz CT molecular complexity index is 396. The first-order chi connectivity index (χ1) is 7.96. The third kappa shape index (κ3) is 3.20. The second kappa shape index (κ2) is 4.67. The molecule has 1 aliphatic heterocycles. The summed E-state index contributed by atoms with van der Waals surface area (Å²) in [6, 6.07) is 6.48. The maximum atomic E-state index is 9.80. The fourth-order valence-corrected chi connectivity index (χ4v) is 2.55. The van der Waals surface area contributed by atoms with Crippen molar-refractivity contribution in [1.82, 2.24) is 4.90 Å². The summed E-state index contributed by atoms with van der Waals surface area (Å²) in [5.41, 5.74) is 3.40. The van der Waals surface area contributed by atoms with E-state index in [0.29, 0.717) is 6.54 Å². The van der Waals surface area contributed by atoms with E-state index in [1.54, 1.807) is 0 Å². The highest BCUT2D eigenvalue weighted by molar-refractivity contribution is 5.61. The van der Waals surface area contributed by atoms with Gasteiger partial charge in [0, 0.05) is 25.3 Å². The summed E-state index contributed by atoms with van der Waals surface area (Å²) < 4.78 is 0. The van der Waals surface area contributed by atoms with Crippen LogP contribution in [-0.2, 0) is 13.0 Å². The van der Waals surface area contributed by atoms with Crippen LogP contribution in [0.1, 0.15) is 25.0 Å². The van der Waals surface area contributed by atoms with Crippen molar-refractivity contribution in [1.29, 1.82) is 0 Å². The zero-order valence-corrected chi connectivity index (χ0v) is 11.0. The van der Waals surface area contributed by atoms with Gasteiger partial charge in [-0.15, -0.1) is 0 Å². The molecule has 94 valence electrons. The maximum Gasteiger partial charge on any atom is 0.0718 e. The fraction of sp³-hybridized carbons (Fsp3) is 0.571. The van der Waals surface area contributed by atoms with Gasteiger partial charge in [-0.3, -0.25) is 4.90 Å². The van der Waals surface area contributed by atoms with Gasteiger partial charge in [0.1, 0.15) is 0 Å². The van der Waals surface area contributed by atoms with E-state index in [2.05, 4.69) is 28.4 Å². The molecule has 1 heterocycles. The SMILES string of the molecule is CN(Cc1cccc2c1NCC2)CC(C)(C)O. The van der Waals surface area contributed by atoms with E-state index < -0.39 is 5.60 Å². The highest BCUT2D eigenvalue weighted by Gasteiger charge is 2.18. The van der Waals surface area contributed by atoms with Crippen molar-refractivity contribution in [3.8, 4) is 0 Å². The second-order valence-electron chi connectivity index (χ2n) is 5.61. The van der Waals surface area contributed by atoms with E-state index in [9.17, 15) is 5.11 Å². The fourth-order valence-electron chi connectivity index (χ4n) is 2.55. The van der Waals surface area contributed by atoms with E-state index >= 15 is 0 Å². The zero-order valence-electron chi connectivity index (χ0n) is 11.0. The quantitative estimate of drug-likeness (QED) is 0.834. The number of hydrogen-bond donors (Lipinski definition) is 2. The lowest BCUT2D eigenvalue weighted by atomic mass is 10.1. The molecule has 0 aliphatic carbocycles. The number of hydrogen-bond acceptors (Lipinski definition) is 3. The van der Waals surface area contributed by atoms with E-state index in [0.717, 1.165) is 19.5 Å². The predicted octanol–water partition coefficient (Wildman–Crippen LogP) is 1.86. The van der Waals surface area contributed by atoms with E-state index in [1.807, 2.05) is 20.9 Å². The van der Waals surface area contributed by atoms with E-state index in [-0.39, 0.29) is 0 Å². The Morgan fingerprint density at radius 2 is 2.18 bits per heavy atom. The molecule has 0 fully saturated rings. The topological polar surface area (TPSA) is 35.5 Å². The molecule has 2 N–H and O–H groups in total. The van der Waals surface area contributed by atoms with Gasteiger partial charge in [0.15, 0.2) is 0 Å². The Labute approximate surface area is 103 Å². The van der Waals surface area contributed by atoms with Crippen LogP contribution in [0.15, 0.2) is 18.2 Å². The van der Waals surface area contributed by atoms with Crippen LogP contribution in [0.2, 0.25) is 0 Å². The largest absolute Gasteiger partial charge is 0.389 e. The van der Waals surface area contributed by atoms with Crippen molar-refractivity contribution >= 4 is 5.69 Å². The lowest BCUT2D eigenvalue weighted by Crippen LogP contribution is -2.35. The Morgan fingerprint density at radius 3 is 2.88 bits per heavy atom. The van der Waals surface area contributed by atoms with Gasteiger partial charge in [-0.25, -0.2) is 0 Å². The lowest BCUT2D eigenvalue weighted by molar-refractivity contribution is 0.0425.